The SMILES string of the molecule is CC(C)c1noc(C2CN(C(=O)Nc3ccc(Cl)cc3)C2)n1. The molecular weight excluding hydrogens is 304 g/mol. The van der Waals surface area contributed by atoms with Crippen LogP contribution < -0.4 is 5.32 Å². The number of nitrogens with zero attached hydrogens (tertiary/aromatic N) is 3. The van der Waals surface area contributed by atoms with Crippen molar-refractivity contribution < 1.29 is 9.32 Å². The lowest BCUT2D eigenvalue weighted by Gasteiger charge is -2.36. The highest BCUT2D eigenvalue weighted by atomic mass is 35.5. The Hall–Kier alpha value is -2.08. The Morgan fingerprint density at radius 1 is 1.36 bits per heavy atom. The monoisotopic (exact) mass is 320 g/mol. The Balaban J connectivity index is 1.53. The largest absolute Gasteiger partial charge is 0.339 e. The Kier molecular flexibility index (Phi) is 4.02. The Morgan fingerprint density at radius 3 is 2.64 bits per heavy atom. The second-order valence-corrected chi connectivity index (χ2v) is 6.12. The van der Waals surface area contributed by atoms with Crippen LogP contribution in [0.5, 0.6) is 0 Å². The van der Waals surface area contributed by atoms with Gasteiger partial charge in [0, 0.05) is 29.7 Å². The highest BCUT2D eigenvalue weighted by Crippen LogP contribution is 2.27. The van der Waals surface area contributed by atoms with Gasteiger partial charge in [-0.25, -0.2) is 4.79 Å². The lowest BCUT2D eigenvalue weighted by molar-refractivity contribution is 0.147. The molecule has 3 rings (SSSR count). The molecule has 2 amide bonds. The van der Waals surface area contributed by atoms with E-state index in [0.29, 0.717) is 29.8 Å². The van der Waals surface area contributed by atoms with Gasteiger partial charge in [-0.1, -0.05) is 30.6 Å². The zero-order valence-electron chi connectivity index (χ0n) is 12.4. The van der Waals surface area contributed by atoms with Gasteiger partial charge in [-0.3, -0.25) is 0 Å². The average Bonchev–Trinajstić information content (AvgIpc) is 2.89. The van der Waals surface area contributed by atoms with Crippen molar-refractivity contribution in [2.75, 3.05) is 18.4 Å². The van der Waals surface area contributed by atoms with E-state index in [0.717, 1.165) is 5.69 Å². The fourth-order valence-electron chi connectivity index (χ4n) is 2.18. The third-order valence-electron chi connectivity index (χ3n) is 3.59. The lowest BCUT2D eigenvalue weighted by atomic mass is 10.0. The predicted octanol–water partition coefficient (Wildman–Crippen LogP) is 3.48. The molecule has 7 heteroatoms. The number of nitrogens with one attached hydrogen (secondary N) is 1. The van der Waals surface area contributed by atoms with Crippen LogP contribution in [0.15, 0.2) is 28.8 Å². The van der Waals surface area contributed by atoms with Crippen molar-refractivity contribution >= 4 is 23.3 Å². The van der Waals surface area contributed by atoms with Crippen LogP contribution in [0.1, 0.15) is 37.4 Å². The van der Waals surface area contributed by atoms with Gasteiger partial charge < -0.3 is 14.7 Å². The number of carbonyl (C=O) groups excluding carboxylic acids is 1. The van der Waals surface area contributed by atoms with Crippen molar-refractivity contribution in [3.8, 4) is 0 Å². The summed E-state index contributed by atoms with van der Waals surface area (Å²) in [6.45, 7) is 5.20. The summed E-state index contributed by atoms with van der Waals surface area (Å²) < 4.78 is 5.26. The number of carbonyl (C=O) groups is 1. The van der Waals surface area contributed by atoms with E-state index in [1.165, 1.54) is 0 Å². The standard InChI is InChI=1S/C15H17ClN4O2/c1-9(2)13-18-14(22-19-13)10-7-20(8-10)15(21)17-12-5-3-11(16)4-6-12/h3-6,9-10H,7-8H2,1-2H3,(H,17,21). The van der Waals surface area contributed by atoms with Gasteiger partial charge in [0.15, 0.2) is 5.82 Å². The molecule has 6 nitrogen and oxygen atoms in total. The van der Waals surface area contributed by atoms with E-state index in [9.17, 15) is 4.79 Å². The first-order valence-electron chi connectivity index (χ1n) is 7.18. The molecule has 0 aliphatic carbocycles. The van der Waals surface area contributed by atoms with Gasteiger partial charge >= 0.3 is 6.03 Å². The molecule has 0 atom stereocenters. The van der Waals surface area contributed by atoms with E-state index < -0.39 is 0 Å². The molecule has 0 saturated carbocycles. The molecule has 116 valence electrons. The molecule has 1 aliphatic rings. The van der Waals surface area contributed by atoms with Crippen LogP contribution in [0, 0.1) is 0 Å². The van der Waals surface area contributed by atoms with E-state index in [4.69, 9.17) is 16.1 Å². The average molecular weight is 321 g/mol. The summed E-state index contributed by atoms with van der Waals surface area (Å²) in [6.07, 6.45) is 0. The van der Waals surface area contributed by atoms with Crippen molar-refractivity contribution in [1.82, 2.24) is 15.0 Å². The summed E-state index contributed by atoms with van der Waals surface area (Å²) in [5.41, 5.74) is 0.720. The lowest BCUT2D eigenvalue weighted by Crippen LogP contribution is -2.50. The number of aromatic nitrogens is 2. The highest BCUT2D eigenvalue weighted by Gasteiger charge is 2.35. The zero-order valence-corrected chi connectivity index (χ0v) is 13.2. The van der Waals surface area contributed by atoms with Gasteiger partial charge in [-0.15, -0.1) is 0 Å². The second-order valence-electron chi connectivity index (χ2n) is 5.68. The molecule has 0 bridgehead atoms. The van der Waals surface area contributed by atoms with Gasteiger partial charge in [0.25, 0.3) is 0 Å². The van der Waals surface area contributed by atoms with Crippen LogP contribution >= 0.6 is 11.6 Å². The maximum atomic E-state index is 12.1. The first kappa shape index (κ1) is 14.8. The number of urea groups is 1. The molecule has 1 N–H and O–H groups in total. The van der Waals surface area contributed by atoms with Gasteiger partial charge in [0.2, 0.25) is 5.89 Å². The molecule has 0 spiro atoms. The van der Waals surface area contributed by atoms with Crippen molar-refractivity contribution in [1.29, 1.82) is 0 Å². The Bertz CT molecular complexity index is 662. The van der Waals surface area contributed by atoms with Crippen molar-refractivity contribution in [2.24, 2.45) is 0 Å². The van der Waals surface area contributed by atoms with Crippen LogP contribution in [0.2, 0.25) is 5.02 Å². The first-order chi connectivity index (χ1) is 10.5. The van der Waals surface area contributed by atoms with Crippen LogP contribution in [-0.2, 0) is 0 Å². The molecule has 2 aromatic rings. The fourth-order valence-corrected chi connectivity index (χ4v) is 2.31. The minimum atomic E-state index is -0.137. The van der Waals surface area contributed by atoms with E-state index in [2.05, 4.69) is 15.5 Å². The summed E-state index contributed by atoms with van der Waals surface area (Å²) in [5.74, 6) is 1.68. The molecule has 1 aliphatic heterocycles. The highest BCUT2D eigenvalue weighted by molar-refractivity contribution is 6.30. The number of hydrogen-bond donors (Lipinski definition) is 1. The number of hydrogen-bond acceptors (Lipinski definition) is 4. The summed E-state index contributed by atoms with van der Waals surface area (Å²) in [5, 5.41) is 7.41. The molecule has 1 aromatic heterocycles. The first-order valence-corrected chi connectivity index (χ1v) is 7.55. The number of rotatable bonds is 3. The second kappa shape index (κ2) is 5.96. The van der Waals surface area contributed by atoms with Crippen LogP contribution in [-0.4, -0.2) is 34.2 Å². The normalized spacial score (nSPS) is 15.0. The summed E-state index contributed by atoms with van der Waals surface area (Å²) in [7, 11) is 0. The Labute approximate surface area is 133 Å². The van der Waals surface area contributed by atoms with E-state index in [-0.39, 0.29) is 17.9 Å². The summed E-state index contributed by atoms with van der Waals surface area (Å²) in [4.78, 5) is 18.2. The van der Waals surface area contributed by atoms with Gasteiger partial charge in [-0.05, 0) is 24.3 Å². The van der Waals surface area contributed by atoms with Crippen LogP contribution in [0.4, 0.5) is 10.5 Å². The predicted molar refractivity (Wildman–Crippen MR) is 83.2 cm³/mol. The summed E-state index contributed by atoms with van der Waals surface area (Å²) in [6, 6.07) is 6.88. The topological polar surface area (TPSA) is 71.3 Å². The van der Waals surface area contributed by atoms with Crippen LogP contribution in [0.3, 0.4) is 0 Å². The zero-order chi connectivity index (χ0) is 15.7. The quantitative estimate of drug-likeness (QED) is 0.939. The smallest absolute Gasteiger partial charge is 0.321 e. The maximum absolute atomic E-state index is 12.1. The van der Waals surface area contributed by atoms with Crippen LogP contribution in [0.25, 0.3) is 0 Å². The molecular formula is C15H17ClN4O2. The van der Waals surface area contributed by atoms with Gasteiger partial charge in [0.05, 0.1) is 5.92 Å². The van der Waals surface area contributed by atoms with Crippen molar-refractivity contribution in [2.45, 2.75) is 25.7 Å². The molecule has 2 heterocycles. The van der Waals surface area contributed by atoms with Gasteiger partial charge in [0.1, 0.15) is 0 Å². The molecule has 1 fully saturated rings. The number of anilines is 1. The van der Waals surface area contributed by atoms with Crippen molar-refractivity contribution in [3.63, 3.8) is 0 Å². The number of amides is 2. The molecule has 22 heavy (non-hydrogen) atoms. The molecule has 1 saturated heterocycles. The minimum absolute atomic E-state index is 0.121. The Morgan fingerprint density at radius 2 is 2.05 bits per heavy atom. The summed E-state index contributed by atoms with van der Waals surface area (Å²) >= 11 is 5.81. The minimum Gasteiger partial charge on any atom is -0.339 e. The third-order valence-corrected chi connectivity index (χ3v) is 3.84. The number of likely N-dealkylation sites (tertiary alicyclic amines) is 1. The number of halogens is 1. The van der Waals surface area contributed by atoms with Crippen molar-refractivity contribution in [3.05, 3.63) is 41.0 Å². The fraction of sp³-hybridized carbons (Fsp3) is 0.400. The van der Waals surface area contributed by atoms with E-state index >= 15 is 0 Å². The molecule has 0 radical (unpaired) electrons. The molecule has 0 unspecified atom stereocenters. The van der Waals surface area contributed by atoms with E-state index in [1.807, 2.05) is 13.8 Å². The third kappa shape index (κ3) is 3.06. The maximum Gasteiger partial charge on any atom is 0.321 e. The number of benzene rings is 1. The van der Waals surface area contributed by atoms with Gasteiger partial charge in [-0.2, -0.15) is 4.98 Å². The van der Waals surface area contributed by atoms with E-state index in [1.54, 1.807) is 29.2 Å². The molecule has 1 aromatic carbocycles.